The second-order valence-electron chi connectivity index (χ2n) is 8.15. The van der Waals surface area contributed by atoms with Gasteiger partial charge in [-0.05, 0) is 66.3 Å². The van der Waals surface area contributed by atoms with Crippen LogP contribution in [0.5, 0.6) is 0 Å². The number of carbonyl (C=O) groups excluding carboxylic acids is 1. The molecule has 3 aromatic carbocycles. The molecule has 0 bridgehead atoms. The van der Waals surface area contributed by atoms with Crippen LogP contribution in [-0.2, 0) is 34.3 Å². The summed E-state index contributed by atoms with van der Waals surface area (Å²) in [5.74, 6) is -0.316. The number of amides is 1. The van der Waals surface area contributed by atoms with Crippen LogP contribution in [0.2, 0.25) is 5.02 Å². The predicted molar refractivity (Wildman–Crippen MR) is 126 cm³/mol. The zero-order valence-electron chi connectivity index (χ0n) is 18.0. The standard InChI is InChI=1S/C25H25ClN2O3S/c1-17-7-8-18(2)24(13-17)32(30,31)28-16-21-6-4-3-5-20(21)14-23(28)25(29)27-15-19-9-11-22(26)12-10-19/h3-13,23H,14-16H2,1-2H3,(H,27,29)/t23-/m0/s1. The summed E-state index contributed by atoms with van der Waals surface area (Å²) in [4.78, 5) is 13.5. The molecule has 4 rings (SSSR count). The Kier molecular flexibility index (Phi) is 6.38. The number of sulfonamides is 1. The number of rotatable bonds is 5. The summed E-state index contributed by atoms with van der Waals surface area (Å²) >= 11 is 5.93. The Morgan fingerprint density at radius 3 is 2.44 bits per heavy atom. The first-order valence-electron chi connectivity index (χ1n) is 10.4. The topological polar surface area (TPSA) is 66.5 Å². The van der Waals surface area contributed by atoms with Crippen molar-refractivity contribution in [3.63, 3.8) is 0 Å². The molecule has 0 unspecified atom stereocenters. The molecule has 1 heterocycles. The fraction of sp³-hybridized carbons (Fsp3) is 0.240. The number of fused-ring (bicyclic) bond motifs is 1. The van der Waals surface area contributed by atoms with Gasteiger partial charge in [-0.15, -0.1) is 0 Å². The highest BCUT2D eigenvalue weighted by atomic mass is 35.5. The number of nitrogens with zero attached hydrogens (tertiary/aromatic N) is 1. The fourth-order valence-corrected chi connectivity index (χ4v) is 6.00. The molecule has 1 atom stereocenters. The Balaban J connectivity index is 1.67. The van der Waals surface area contributed by atoms with Crippen molar-refractivity contribution in [2.45, 2.75) is 44.3 Å². The normalized spacial score (nSPS) is 16.4. The van der Waals surface area contributed by atoms with E-state index in [1.807, 2.05) is 49.4 Å². The van der Waals surface area contributed by atoms with Gasteiger partial charge < -0.3 is 5.32 Å². The predicted octanol–water partition coefficient (Wildman–Crippen LogP) is 4.39. The van der Waals surface area contributed by atoms with Gasteiger partial charge in [-0.25, -0.2) is 8.42 Å². The number of carbonyl (C=O) groups is 1. The van der Waals surface area contributed by atoms with E-state index in [2.05, 4.69) is 5.32 Å². The Morgan fingerprint density at radius 2 is 1.72 bits per heavy atom. The maximum Gasteiger partial charge on any atom is 0.244 e. The highest BCUT2D eigenvalue weighted by Crippen LogP contribution is 2.31. The monoisotopic (exact) mass is 468 g/mol. The number of benzene rings is 3. The zero-order chi connectivity index (χ0) is 22.9. The molecule has 1 N–H and O–H groups in total. The first kappa shape index (κ1) is 22.5. The summed E-state index contributed by atoms with van der Waals surface area (Å²) in [5, 5.41) is 3.53. The van der Waals surface area contributed by atoms with Crippen molar-refractivity contribution < 1.29 is 13.2 Å². The van der Waals surface area contributed by atoms with E-state index < -0.39 is 16.1 Å². The van der Waals surface area contributed by atoms with E-state index in [1.54, 1.807) is 31.2 Å². The minimum Gasteiger partial charge on any atom is -0.351 e. The first-order chi connectivity index (χ1) is 15.3. The maximum absolute atomic E-state index is 13.7. The maximum atomic E-state index is 13.7. The van der Waals surface area contributed by atoms with Crippen molar-refractivity contribution in [2.24, 2.45) is 0 Å². The van der Waals surface area contributed by atoms with Crippen molar-refractivity contribution in [3.05, 3.63) is 99.6 Å². The Bertz CT molecular complexity index is 1260. The summed E-state index contributed by atoms with van der Waals surface area (Å²) in [6.45, 7) is 4.09. The Morgan fingerprint density at radius 1 is 1.03 bits per heavy atom. The van der Waals surface area contributed by atoms with Crippen LogP contribution in [0.3, 0.4) is 0 Å². The van der Waals surface area contributed by atoms with E-state index in [0.717, 1.165) is 22.3 Å². The Labute approximate surface area is 194 Å². The van der Waals surface area contributed by atoms with Gasteiger partial charge in [0.2, 0.25) is 15.9 Å². The van der Waals surface area contributed by atoms with Crippen molar-refractivity contribution in [2.75, 3.05) is 0 Å². The van der Waals surface area contributed by atoms with Crippen molar-refractivity contribution >= 4 is 27.5 Å². The van der Waals surface area contributed by atoms with Crippen LogP contribution in [-0.4, -0.2) is 24.7 Å². The Hall–Kier alpha value is -2.67. The lowest BCUT2D eigenvalue weighted by atomic mass is 9.95. The highest BCUT2D eigenvalue weighted by molar-refractivity contribution is 7.89. The lowest BCUT2D eigenvalue weighted by Crippen LogP contribution is -2.52. The molecule has 32 heavy (non-hydrogen) atoms. The summed E-state index contributed by atoms with van der Waals surface area (Å²) in [7, 11) is -3.89. The second kappa shape index (κ2) is 9.06. The molecule has 0 aromatic heterocycles. The molecule has 1 amide bonds. The molecule has 0 aliphatic carbocycles. The van der Waals surface area contributed by atoms with E-state index in [4.69, 9.17) is 11.6 Å². The van der Waals surface area contributed by atoms with Crippen LogP contribution in [0.4, 0.5) is 0 Å². The minimum atomic E-state index is -3.89. The van der Waals surface area contributed by atoms with Crippen molar-refractivity contribution in [1.29, 1.82) is 0 Å². The number of hydrogen-bond acceptors (Lipinski definition) is 3. The van der Waals surface area contributed by atoms with Gasteiger partial charge in [-0.3, -0.25) is 4.79 Å². The van der Waals surface area contributed by atoms with E-state index in [0.29, 0.717) is 23.6 Å². The van der Waals surface area contributed by atoms with Crippen LogP contribution in [0.15, 0.2) is 71.6 Å². The van der Waals surface area contributed by atoms with Crippen LogP contribution in [0.1, 0.15) is 27.8 Å². The largest absolute Gasteiger partial charge is 0.351 e. The third-order valence-electron chi connectivity index (χ3n) is 5.82. The smallest absolute Gasteiger partial charge is 0.244 e. The van der Waals surface area contributed by atoms with E-state index in [-0.39, 0.29) is 17.3 Å². The molecule has 0 saturated carbocycles. The van der Waals surface area contributed by atoms with E-state index >= 15 is 0 Å². The zero-order valence-corrected chi connectivity index (χ0v) is 19.6. The van der Waals surface area contributed by atoms with Crippen molar-refractivity contribution in [3.8, 4) is 0 Å². The average Bonchev–Trinajstić information content (AvgIpc) is 2.79. The van der Waals surface area contributed by atoms with Gasteiger partial charge in [0.05, 0.1) is 4.90 Å². The molecule has 166 valence electrons. The van der Waals surface area contributed by atoms with Gasteiger partial charge in [-0.2, -0.15) is 4.31 Å². The lowest BCUT2D eigenvalue weighted by molar-refractivity contribution is -0.125. The highest BCUT2D eigenvalue weighted by Gasteiger charge is 2.40. The first-order valence-corrected chi connectivity index (χ1v) is 12.3. The third-order valence-corrected chi connectivity index (χ3v) is 8.07. The molecule has 7 heteroatoms. The van der Waals surface area contributed by atoms with Gasteiger partial charge in [0.25, 0.3) is 0 Å². The second-order valence-corrected chi connectivity index (χ2v) is 10.4. The van der Waals surface area contributed by atoms with Crippen LogP contribution >= 0.6 is 11.6 Å². The molecular weight excluding hydrogens is 444 g/mol. The van der Waals surface area contributed by atoms with E-state index in [9.17, 15) is 13.2 Å². The van der Waals surface area contributed by atoms with Crippen LogP contribution in [0, 0.1) is 13.8 Å². The number of nitrogens with one attached hydrogen (secondary N) is 1. The molecule has 3 aromatic rings. The van der Waals surface area contributed by atoms with Gasteiger partial charge in [-0.1, -0.05) is 60.1 Å². The number of hydrogen-bond donors (Lipinski definition) is 1. The average molecular weight is 469 g/mol. The summed E-state index contributed by atoms with van der Waals surface area (Å²) in [5.41, 5.74) is 4.32. The molecule has 0 spiro atoms. The van der Waals surface area contributed by atoms with Crippen molar-refractivity contribution in [1.82, 2.24) is 9.62 Å². The van der Waals surface area contributed by atoms with Crippen LogP contribution < -0.4 is 5.32 Å². The molecule has 1 aliphatic rings. The summed E-state index contributed by atoms with van der Waals surface area (Å²) < 4.78 is 28.8. The van der Waals surface area contributed by atoms with Gasteiger partial charge in [0, 0.05) is 18.1 Å². The molecule has 0 saturated heterocycles. The fourth-order valence-electron chi connectivity index (χ4n) is 4.00. The molecule has 0 fully saturated rings. The van der Waals surface area contributed by atoms with Gasteiger partial charge in [0.1, 0.15) is 6.04 Å². The van der Waals surface area contributed by atoms with Gasteiger partial charge >= 0.3 is 0 Å². The molecule has 0 radical (unpaired) electrons. The third kappa shape index (κ3) is 4.58. The molecular formula is C25H25ClN2O3S. The summed E-state index contributed by atoms with van der Waals surface area (Å²) in [6, 6.07) is 19.4. The van der Waals surface area contributed by atoms with Gasteiger partial charge in [0.15, 0.2) is 0 Å². The molecule has 5 nitrogen and oxygen atoms in total. The lowest BCUT2D eigenvalue weighted by Gasteiger charge is -2.35. The quantitative estimate of drug-likeness (QED) is 0.604. The number of halogens is 1. The van der Waals surface area contributed by atoms with Crippen LogP contribution in [0.25, 0.3) is 0 Å². The SMILES string of the molecule is Cc1ccc(C)c(S(=O)(=O)N2Cc3ccccc3C[C@H]2C(=O)NCc2ccc(Cl)cc2)c1. The summed E-state index contributed by atoms with van der Waals surface area (Å²) in [6.07, 6.45) is 0.326. The molecule has 1 aliphatic heterocycles. The minimum absolute atomic E-state index is 0.158. The van der Waals surface area contributed by atoms with E-state index in [1.165, 1.54) is 4.31 Å². The number of aryl methyl sites for hydroxylation is 2.